The van der Waals surface area contributed by atoms with E-state index in [-0.39, 0.29) is 5.91 Å². The number of H-pyrrole nitrogens is 1. The summed E-state index contributed by atoms with van der Waals surface area (Å²) in [5.41, 5.74) is 2.16. The second-order valence-corrected chi connectivity index (χ2v) is 6.22. The lowest BCUT2D eigenvalue weighted by Gasteiger charge is -2.19. The molecule has 0 fully saturated rings. The summed E-state index contributed by atoms with van der Waals surface area (Å²) in [5, 5.41) is 10.9. The van der Waals surface area contributed by atoms with Gasteiger partial charge in [0.1, 0.15) is 17.6 Å². The largest absolute Gasteiger partial charge is 0.497 e. The van der Waals surface area contributed by atoms with Crippen molar-refractivity contribution < 1.29 is 9.53 Å². The minimum Gasteiger partial charge on any atom is -0.497 e. The zero-order valence-electron chi connectivity index (χ0n) is 15.0. The molecule has 0 aliphatic heterocycles. The van der Waals surface area contributed by atoms with Crippen molar-refractivity contribution >= 4 is 16.8 Å². The van der Waals surface area contributed by atoms with Crippen LogP contribution in [-0.2, 0) is 7.05 Å². The molecule has 4 aromatic rings. The second kappa shape index (κ2) is 6.95. The number of carbonyl (C=O) groups excluding carboxylic acids is 1. The number of nitrogens with zero attached hydrogens (tertiary/aromatic N) is 3. The summed E-state index contributed by atoms with van der Waals surface area (Å²) in [6, 6.07) is 12.7. The summed E-state index contributed by atoms with van der Waals surface area (Å²) in [4.78, 5) is 17.5. The number of carbonyl (C=O) groups is 1. The number of nitrogens with one attached hydrogen (secondary N) is 2. The van der Waals surface area contributed by atoms with Crippen molar-refractivity contribution in [1.29, 1.82) is 0 Å². The van der Waals surface area contributed by atoms with E-state index in [9.17, 15) is 4.79 Å². The average Bonchev–Trinajstić information content (AvgIpc) is 3.34. The van der Waals surface area contributed by atoms with Crippen LogP contribution >= 0.6 is 0 Å². The first kappa shape index (κ1) is 16.8. The summed E-state index contributed by atoms with van der Waals surface area (Å²) < 4.78 is 7.13. The maximum absolute atomic E-state index is 13.0. The van der Waals surface area contributed by atoms with Gasteiger partial charge in [-0.2, -0.15) is 5.10 Å². The van der Waals surface area contributed by atoms with Crippen molar-refractivity contribution in [2.24, 2.45) is 7.05 Å². The number of methoxy groups -OCH3 is 1. The van der Waals surface area contributed by atoms with Crippen LogP contribution < -0.4 is 10.1 Å². The highest BCUT2D eigenvalue weighted by atomic mass is 16.5. The Morgan fingerprint density at radius 3 is 2.74 bits per heavy atom. The molecule has 2 aromatic carbocycles. The molecule has 1 atom stereocenters. The van der Waals surface area contributed by atoms with Crippen LogP contribution in [0.5, 0.6) is 5.75 Å². The zero-order chi connectivity index (χ0) is 18.8. The van der Waals surface area contributed by atoms with E-state index in [0.29, 0.717) is 11.1 Å². The van der Waals surface area contributed by atoms with Crippen molar-refractivity contribution in [1.82, 2.24) is 25.1 Å². The molecule has 7 nitrogen and oxygen atoms in total. The molecule has 0 aliphatic rings. The summed E-state index contributed by atoms with van der Waals surface area (Å²) in [7, 11) is 3.53. The normalized spacial score (nSPS) is 12.1. The van der Waals surface area contributed by atoms with Crippen molar-refractivity contribution in [2.75, 3.05) is 7.11 Å². The Kier molecular flexibility index (Phi) is 4.33. The molecule has 1 amide bonds. The number of hydrogen-bond donors (Lipinski definition) is 2. The molecule has 4 rings (SSSR count). The fraction of sp³-hybridized carbons (Fsp3) is 0.150. The number of para-hydroxylation sites is 1. The highest BCUT2D eigenvalue weighted by molar-refractivity contribution is 6.05. The smallest absolute Gasteiger partial charge is 0.254 e. The SMILES string of the molecule is COc1ccc(C(NC(=O)c2cccc3cn[nH]c23)c2nccn2C)cc1. The Morgan fingerprint density at radius 1 is 1.22 bits per heavy atom. The average molecular weight is 361 g/mol. The van der Waals surface area contributed by atoms with E-state index in [1.807, 2.05) is 54.2 Å². The zero-order valence-corrected chi connectivity index (χ0v) is 15.0. The Bertz CT molecular complexity index is 1080. The van der Waals surface area contributed by atoms with Crippen LogP contribution in [0.15, 0.2) is 61.1 Å². The molecule has 2 aromatic heterocycles. The van der Waals surface area contributed by atoms with Gasteiger partial charge in [-0.05, 0) is 23.8 Å². The van der Waals surface area contributed by atoms with Crippen molar-refractivity contribution in [3.63, 3.8) is 0 Å². The van der Waals surface area contributed by atoms with E-state index in [2.05, 4.69) is 20.5 Å². The number of amides is 1. The molecule has 136 valence electrons. The van der Waals surface area contributed by atoms with Gasteiger partial charge in [-0.25, -0.2) is 4.98 Å². The minimum absolute atomic E-state index is 0.200. The Hall–Kier alpha value is -3.61. The van der Waals surface area contributed by atoms with E-state index in [0.717, 1.165) is 22.5 Å². The summed E-state index contributed by atoms with van der Waals surface area (Å²) in [5.74, 6) is 1.30. The summed E-state index contributed by atoms with van der Waals surface area (Å²) in [6.07, 6.45) is 5.27. The lowest BCUT2D eigenvalue weighted by molar-refractivity contribution is 0.0942. The molecule has 0 saturated heterocycles. The number of aryl methyl sites for hydroxylation is 1. The highest BCUT2D eigenvalue weighted by Crippen LogP contribution is 2.24. The van der Waals surface area contributed by atoms with Crippen molar-refractivity contribution in [3.8, 4) is 5.75 Å². The molecule has 27 heavy (non-hydrogen) atoms. The lowest BCUT2D eigenvalue weighted by atomic mass is 10.0. The van der Waals surface area contributed by atoms with Crippen LogP contribution in [0.1, 0.15) is 27.8 Å². The molecular weight excluding hydrogens is 342 g/mol. The van der Waals surface area contributed by atoms with Gasteiger partial charge in [-0.15, -0.1) is 0 Å². The third kappa shape index (κ3) is 3.15. The highest BCUT2D eigenvalue weighted by Gasteiger charge is 2.22. The molecule has 7 heteroatoms. The van der Waals surface area contributed by atoms with E-state index < -0.39 is 6.04 Å². The number of ether oxygens (including phenoxy) is 1. The maximum Gasteiger partial charge on any atom is 0.254 e. The first-order valence-electron chi connectivity index (χ1n) is 8.51. The van der Waals surface area contributed by atoms with Gasteiger partial charge in [-0.3, -0.25) is 9.89 Å². The fourth-order valence-electron chi connectivity index (χ4n) is 3.12. The number of aromatic nitrogens is 4. The van der Waals surface area contributed by atoms with Gasteiger partial charge >= 0.3 is 0 Å². The van der Waals surface area contributed by atoms with E-state index >= 15 is 0 Å². The van der Waals surface area contributed by atoms with Crippen molar-refractivity contribution in [2.45, 2.75) is 6.04 Å². The van der Waals surface area contributed by atoms with Gasteiger partial charge in [0.2, 0.25) is 0 Å². The molecule has 0 aliphatic carbocycles. The number of benzene rings is 2. The van der Waals surface area contributed by atoms with Gasteiger partial charge in [-0.1, -0.05) is 24.3 Å². The number of rotatable bonds is 5. The van der Waals surface area contributed by atoms with Gasteiger partial charge < -0.3 is 14.6 Å². The van der Waals surface area contributed by atoms with Crippen LogP contribution in [0.25, 0.3) is 10.9 Å². The van der Waals surface area contributed by atoms with Crippen LogP contribution in [0.2, 0.25) is 0 Å². The minimum atomic E-state index is -0.401. The molecule has 2 N–H and O–H groups in total. The summed E-state index contributed by atoms with van der Waals surface area (Å²) in [6.45, 7) is 0. The predicted octanol–water partition coefficient (Wildman–Crippen LogP) is 2.82. The Labute approximate surface area is 156 Å². The number of hydrogen-bond acceptors (Lipinski definition) is 4. The lowest BCUT2D eigenvalue weighted by Crippen LogP contribution is -2.31. The van der Waals surface area contributed by atoms with Gasteiger partial charge in [0.25, 0.3) is 5.91 Å². The Morgan fingerprint density at radius 2 is 2.04 bits per heavy atom. The van der Waals surface area contributed by atoms with Crippen LogP contribution in [0.4, 0.5) is 0 Å². The first-order valence-corrected chi connectivity index (χ1v) is 8.51. The molecule has 0 spiro atoms. The van der Waals surface area contributed by atoms with E-state index in [1.54, 1.807) is 25.6 Å². The summed E-state index contributed by atoms with van der Waals surface area (Å²) >= 11 is 0. The second-order valence-electron chi connectivity index (χ2n) is 6.22. The maximum atomic E-state index is 13.0. The molecular formula is C20H19N5O2. The van der Waals surface area contributed by atoms with Crippen LogP contribution in [0, 0.1) is 0 Å². The fourth-order valence-corrected chi connectivity index (χ4v) is 3.12. The molecule has 0 bridgehead atoms. The Balaban J connectivity index is 1.71. The van der Waals surface area contributed by atoms with Crippen molar-refractivity contribution in [3.05, 3.63) is 78.0 Å². The van der Waals surface area contributed by atoms with Gasteiger partial charge in [0, 0.05) is 24.8 Å². The predicted molar refractivity (Wildman–Crippen MR) is 102 cm³/mol. The topological polar surface area (TPSA) is 84.8 Å². The standard InChI is InChI=1S/C20H19N5O2/c1-25-11-10-21-19(25)18(13-6-8-15(27-2)9-7-13)23-20(26)16-5-3-4-14-12-22-24-17(14)16/h3-12,18H,1-2H3,(H,22,24)(H,23,26). The third-order valence-electron chi connectivity index (χ3n) is 4.56. The first-order chi connectivity index (χ1) is 13.2. The third-order valence-corrected chi connectivity index (χ3v) is 4.56. The van der Waals surface area contributed by atoms with Crippen LogP contribution in [0.3, 0.4) is 0 Å². The number of aromatic amines is 1. The number of fused-ring (bicyclic) bond motifs is 1. The molecule has 0 saturated carbocycles. The van der Waals surface area contributed by atoms with E-state index in [1.165, 1.54) is 0 Å². The molecule has 0 radical (unpaired) electrons. The van der Waals surface area contributed by atoms with Gasteiger partial charge in [0.05, 0.1) is 24.4 Å². The molecule has 2 heterocycles. The number of imidazole rings is 1. The van der Waals surface area contributed by atoms with Gasteiger partial charge in [0.15, 0.2) is 0 Å². The van der Waals surface area contributed by atoms with Crippen LogP contribution in [-0.4, -0.2) is 32.8 Å². The monoisotopic (exact) mass is 361 g/mol. The van der Waals surface area contributed by atoms with E-state index in [4.69, 9.17) is 4.74 Å². The quantitative estimate of drug-likeness (QED) is 0.572. The molecule has 1 unspecified atom stereocenters.